The number of hydrogen-bond acceptors (Lipinski definition) is 6. The molecule has 1 aliphatic carbocycles. The Labute approximate surface area is 183 Å². The molecule has 0 radical (unpaired) electrons. The average Bonchev–Trinajstić information content (AvgIpc) is 3.16. The Bertz CT molecular complexity index is 580. The number of thioether (sulfide) groups is 1. The molecular formula is C18H32IN5O2S. The van der Waals surface area contributed by atoms with Crippen LogP contribution in [-0.4, -0.2) is 81.9 Å². The van der Waals surface area contributed by atoms with E-state index in [9.17, 15) is 5.11 Å². The quantitative estimate of drug-likeness (QED) is 0.331. The Morgan fingerprint density at radius 2 is 2.19 bits per heavy atom. The van der Waals surface area contributed by atoms with Crippen molar-refractivity contribution in [2.24, 2.45) is 4.99 Å². The van der Waals surface area contributed by atoms with Crippen molar-refractivity contribution in [3.63, 3.8) is 0 Å². The molecule has 2 heterocycles. The molecule has 27 heavy (non-hydrogen) atoms. The minimum absolute atomic E-state index is 0. The molecule has 2 N–H and O–H groups in total. The molecule has 0 bridgehead atoms. The van der Waals surface area contributed by atoms with Gasteiger partial charge in [-0.1, -0.05) is 12.1 Å². The molecule has 1 aliphatic heterocycles. The van der Waals surface area contributed by atoms with E-state index in [-0.39, 0.29) is 24.0 Å². The highest BCUT2D eigenvalue weighted by Gasteiger charge is 2.45. The van der Waals surface area contributed by atoms with E-state index < -0.39 is 5.60 Å². The van der Waals surface area contributed by atoms with E-state index in [0.717, 1.165) is 69.5 Å². The van der Waals surface area contributed by atoms with Gasteiger partial charge in [0.2, 0.25) is 0 Å². The summed E-state index contributed by atoms with van der Waals surface area (Å²) in [4.78, 5) is 9.47. The van der Waals surface area contributed by atoms with Gasteiger partial charge in [0.05, 0.1) is 17.8 Å². The zero-order chi connectivity index (χ0) is 18.4. The fourth-order valence-corrected chi connectivity index (χ4v) is 4.71. The number of rotatable bonds is 7. The number of aromatic nitrogens is 1. The summed E-state index contributed by atoms with van der Waals surface area (Å²) in [5, 5.41) is 18.5. The van der Waals surface area contributed by atoms with Gasteiger partial charge in [0.15, 0.2) is 5.96 Å². The second-order valence-electron chi connectivity index (χ2n) is 7.01. The average molecular weight is 509 g/mol. The van der Waals surface area contributed by atoms with Crippen molar-refractivity contribution in [1.82, 2.24) is 20.3 Å². The van der Waals surface area contributed by atoms with Gasteiger partial charge in [-0.05, 0) is 25.5 Å². The molecule has 0 amide bonds. The fourth-order valence-electron chi connectivity index (χ4n) is 3.52. The lowest BCUT2D eigenvalue weighted by Gasteiger charge is -2.44. The Balaban J connectivity index is 0.00000261. The van der Waals surface area contributed by atoms with Gasteiger partial charge in [-0.25, -0.2) is 0 Å². The van der Waals surface area contributed by atoms with Gasteiger partial charge in [-0.3, -0.25) is 9.89 Å². The maximum Gasteiger partial charge on any atom is 0.194 e. The predicted molar refractivity (Wildman–Crippen MR) is 121 cm³/mol. The third kappa shape index (κ3) is 5.98. The number of piperazine rings is 1. The van der Waals surface area contributed by atoms with E-state index in [0.29, 0.717) is 11.8 Å². The van der Waals surface area contributed by atoms with Crippen LogP contribution in [0, 0.1) is 0 Å². The van der Waals surface area contributed by atoms with Crippen LogP contribution in [0.2, 0.25) is 0 Å². The van der Waals surface area contributed by atoms with Crippen molar-refractivity contribution in [2.75, 3.05) is 45.0 Å². The van der Waals surface area contributed by atoms with E-state index in [2.05, 4.69) is 34.1 Å². The summed E-state index contributed by atoms with van der Waals surface area (Å²) in [6, 6.07) is 1.92. The molecule has 2 atom stereocenters. The number of guanidine groups is 1. The van der Waals surface area contributed by atoms with Crippen molar-refractivity contribution in [3.8, 4) is 0 Å². The Morgan fingerprint density at radius 1 is 1.41 bits per heavy atom. The van der Waals surface area contributed by atoms with Gasteiger partial charge in [0.1, 0.15) is 6.26 Å². The van der Waals surface area contributed by atoms with Crippen molar-refractivity contribution in [3.05, 3.63) is 18.0 Å². The summed E-state index contributed by atoms with van der Waals surface area (Å²) in [6.07, 6.45) is 3.58. The highest BCUT2D eigenvalue weighted by molar-refractivity contribution is 14.0. The first-order valence-electron chi connectivity index (χ1n) is 9.63. The van der Waals surface area contributed by atoms with Gasteiger partial charge >= 0.3 is 0 Å². The van der Waals surface area contributed by atoms with E-state index in [4.69, 9.17) is 9.52 Å². The van der Waals surface area contributed by atoms with Crippen molar-refractivity contribution in [1.29, 1.82) is 0 Å². The molecule has 2 unspecified atom stereocenters. The number of aliphatic hydroxyl groups is 1. The Morgan fingerprint density at radius 3 is 2.74 bits per heavy atom. The monoisotopic (exact) mass is 509 g/mol. The molecule has 2 fully saturated rings. The lowest BCUT2D eigenvalue weighted by molar-refractivity contribution is -0.0157. The third-order valence-corrected chi connectivity index (χ3v) is 6.60. The van der Waals surface area contributed by atoms with Crippen LogP contribution in [-0.2, 0) is 6.54 Å². The first kappa shape index (κ1) is 22.8. The molecule has 154 valence electrons. The van der Waals surface area contributed by atoms with Crippen LogP contribution in [0.15, 0.2) is 21.8 Å². The standard InChI is InChI=1S/C18H31N5O2S.HI/c1-3-19-17(20-14-18(24)7-5-16(18)26-4-2)23-10-8-22(9-11-23)13-15-6-12-25-21-15;/h6,12,16,24H,3-5,7-11,13-14H2,1-2H3,(H,19,20);1H. The predicted octanol–water partition coefficient (Wildman–Crippen LogP) is 2.02. The molecule has 7 nitrogen and oxygen atoms in total. The summed E-state index contributed by atoms with van der Waals surface area (Å²) in [7, 11) is 0. The van der Waals surface area contributed by atoms with Gasteiger partial charge < -0.3 is 19.8 Å². The SMILES string of the molecule is CCNC(=NCC1(O)CCC1SCC)N1CCN(Cc2ccon2)CC1.I. The molecule has 1 aromatic heterocycles. The van der Waals surface area contributed by atoms with Crippen LogP contribution in [0.3, 0.4) is 0 Å². The lowest BCUT2D eigenvalue weighted by Crippen LogP contribution is -2.55. The largest absolute Gasteiger partial charge is 0.387 e. The van der Waals surface area contributed by atoms with Crippen LogP contribution in [0.1, 0.15) is 32.4 Å². The first-order chi connectivity index (χ1) is 12.6. The number of nitrogens with zero attached hydrogens (tertiary/aromatic N) is 4. The molecule has 1 aromatic rings. The molecule has 2 aliphatic rings. The van der Waals surface area contributed by atoms with E-state index in [1.165, 1.54) is 0 Å². The normalized spacial score (nSPS) is 26.4. The zero-order valence-corrected chi connectivity index (χ0v) is 19.4. The highest BCUT2D eigenvalue weighted by atomic mass is 127. The molecule has 1 saturated heterocycles. The maximum absolute atomic E-state index is 10.8. The number of nitrogens with one attached hydrogen (secondary N) is 1. The van der Waals surface area contributed by atoms with Crippen LogP contribution in [0.25, 0.3) is 0 Å². The minimum Gasteiger partial charge on any atom is -0.387 e. The molecule has 0 spiro atoms. The zero-order valence-electron chi connectivity index (χ0n) is 16.3. The number of halogens is 1. The topological polar surface area (TPSA) is 77.1 Å². The molecule has 0 aromatic carbocycles. The van der Waals surface area contributed by atoms with Gasteiger partial charge in [0, 0.05) is 50.6 Å². The second kappa shape index (κ2) is 10.9. The van der Waals surface area contributed by atoms with Crippen molar-refractivity contribution < 1.29 is 9.63 Å². The summed E-state index contributed by atoms with van der Waals surface area (Å²) in [5.74, 6) is 1.97. The van der Waals surface area contributed by atoms with Crippen LogP contribution >= 0.6 is 35.7 Å². The lowest BCUT2D eigenvalue weighted by atomic mass is 9.79. The first-order valence-corrected chi connectivity index (χ1v) is 10.7. The smallest absolute Gasteiger partial charge is 0.194 e. The van der Waals surface area contributed by atoms with Crippen LogP contribution in [0.4, 0.5) is 0 Å². The van der Waals surface area contributed by atoms with E-state index in [1.54, 1.807) is 6.26 Å². The fraction of sp³-hybridized carbons (Fsp3) is 0.778. The minimum atomic E-state index is -0.629. The van der Waals surface area contributed by atoms with E-state index in [1.807, 2.05) is 17.8 Å². The number of hydrogen-bond donors (Lipinski definition) is 2. The summed E-state index contributed by atoms with van der Waals surface area (Å²) < 4.78 is 4.91. The Kier molecular flexibility index (Phi) is 9.17. The van der Waals surface area contributed by atoms with Crippen LogP contribution in [0.5, 0.6) is 0 Å². The maximum atomic E-state index is 10.8. The molecular weight excluding hydrogens is 477 g/mol. The van der Waals surface area contributed by atoms with Crippen molar-refractivity contribution >= 4 is 41.7 Å². The highest BCUT2D eigenvalue weighted by Crippen LogP contribution is 2.41. The van der Waals surface area contributed by atoms with Gasteiger partial charge in [-0.15, -0.1) is 24.0 Å². The summed E-state index contributed by atoms with van der Waals surface area (Å²) >= 11 is 1.85. The molecule has 3 rings (SSSR count). The number of aliphatic imine (C=N–C) groups is 1. The summed E-state index contributed by atoms with van der Waals surface area (Å²) in [6.45, 7) is 10.2. The van der Waals surface area contributed by atoms with Gasteiger partial charge in [-0.2, -0.15) is 11.8 Å². The van der Waals surface area contributed by atoms with Crippen molar-refractivity contribution in [2.45, 2.75) is 44.1 Å². The summed E-state index contributed by atoms with van der Waals surface area (Å²) in [5.41, 5.74) is 0.349. The third-order valence-electron chi connectivity index (χ3n) is 5.19. The molecule has 1 saturated carbocycles. The second-order valence-corrected chi connectivity index (χ2v) is 8.49. The molecule has 9 heteroatoms. The van der Waals surface area contributed by atoms with Gasteiger partial charge in [0.25, 0.3) is 0 Å². The Hall–Kier alpha value is -0.520. The van der Waals surface area contributed by atoms with Crippen LogP contribution < -0.4 is 5.32 Å². The van der Waals surface area contributed by atoms with E-state index >= 15 is 0 Å².